The Morgan fingerprint density at radius 3 is 2.59 bits per heavy atom. The normalized spacial score (nSPS) is 20.0. The van der Waals surface area contributed by atoms with E-state index < -0.39 is 37.9 Å². The summed E-state index contributed by atoms with van der Waals surface area (Å²) in [7, 11) is 0. The lowest BCUT2D eigenvalue weighted by molar-refractivity contribution is -0.109. The molecular formula is C16H22ClN3O2. The Balaban J connectivity index is 2.52. The monoisotopic (exact) mass is 329 g/mol. The molecule has 1 heterocycles. The van der Waals surface area contributed by atoms with Gasteiger partial charge in [-0.05, 0) is 30.5 Å². The SMILES string of the molecule is [2H]C([2H])([2H])C(CO)(C([2H])([2H])[2H])C(O)(CCc1ccc(Cl)cc1)Cn1cncn1. The third-order valence-electron chi connectivity index (χ3n) is 3.66. The molecule has 0 aliphatic heterocycles. The molecule has 0 spiro atoms. The third-order valence-corrected chi connectivity index (χ3v) is 3.91. The van der Waals surface area contributed by atoms with Gasteiger partial charge in [-0.3, -0.25) is 4.68 Å². The van der Waals surface area contributed by atoms with E-state index in [9.17, 15) is 10.2 Å². The molecule has 6 heteroatoms. The third kappa shape index (κ3) is 3.85. The first-order valence-corrected chi connectivity index (χ1v) is 7.14. The Morgan fingerprint density at radius 2 is 2.05 bits per heavy atom. The van der Waals surface area contributed by atoms with E-state index in [0.29, 0.717) is 5.02 Å². The molecule has 0 fully saturated rings. The molecule has 2 aromatic rings. The van der Waals surface area contributed by atoms with E-state index in [1.165, 1.54) is 12.7 Å². The van der Waals surface area contributed by atoms with Crippen molar-refractivity contribution in [1.82, 2.24) is 14.8 Å². The highest BCUT2D eigenvalue weighted by molar-refractivity contribution is 6.30. The van der Waals surface area contributed by atoms with Crippen molar-refractivity contribution in [3.63, 3.8) is 0 Å². The smallest absolute Gasteiger partial charge is 0.137 e. The lowest BCUT2D eigenvalue weighted by Gasteiger charge is -2.41. The van der Waals surface area contributed by atoms with Crippen molar-refractivity contribution in [1.29, 1.82) is 0 Å². The van der Waals surface area contributed by atoms with Crippen molar-refractivity contribution < 1.29 is 18.4 Å². The second kappa shape index (κ2) is 6.77. The van der Waals surface area contributed by atoms with Crippen molar-refractivity contribution in [2.75, 3.05) is 6.61 Å². The molecule has 5 nitrogen and oxygen atoms in total. The molecule has 1 atom stereocenters. The lowest BCUT2D eigenvalue weighted by atomic mass is 9.72. The standard InChI is InChI=1S/C16H22ClN3O2/c1-15(2,10-21)16(22,9-20-12-18-11-19-20)8-7-13-3-5-14(17)6-4-13/h3-6,11-12,21-22H,7-10H2,1-2H3/i1D3,2D3. The molecule has 120 valence electrons. The van der Waals surface area contributed by atoms with Gasteiger partial charge in [-0.25, -0.2) is 4.98 Å². The minimum Gasteiger partial charge on any atom is -0.396 e. The first kappa shape index (κ1) is 10.4. The van der Waals surface area contributed by atoms with Gasteiger partial charge in [0.05, 0.1) is 18.8 Å². The van der Waals surface area contributed by atoms with E-state index in [0.717, 1.165) is 10.2 Å². The van der Waals surface area contributed by atoms with Crippen LogP contribution in [0.3, 0.4) is 0 Å². The number of hydrogen-bond acceptors (Lipinski definition) is 4. The van der Waals surface area contributed by atoms with Gasteiger partial charge < -0.3 is 10.2 Å². The molecule has 1 aromatic heterocycles. The van der Waals surface area contributed by atoms with E-state index in [1.807, 2.05) is 0 Å². The van der Waals surface area contributed by atoms with E-state index in [-0.39, 0.29) is 12.8 Å². The number of aliphatic hydroxyl groups is 2. The van der Waals surface area contributed by atoms with Crippen molar-refractivity contribution in [3.8, 4) is 0 Å². The van der Waals surface area contributed by atoms with Gasteiger partial charge in [0.2, 0.25) is 0 Å². The van der Waals surface area contributed by atoms with Gasteiger partial charge in [0.1, 0.15) is 12.7 Å². The minimum atomic E-state index is -3.18. The number of aryl methyl sites for hydroxylation is 1. The van der Waals surface area contributed by atoms with Crippen LogP contribution in [0.15, 0.2) is 36.9 Å². The van der Waals surface area contributed by atoms with Gasteiger partial charge in [0.25, 0.3) is 0 Å². The van der Waals surface area contributed by atoms with Gasteiger partial charge >= 0.3 is 0 Å². The fourth-order valence-electron chi connectivity index (χ4n) is 2.16. The zero-order chi connectivity index (χ0) is 21.2. The summed E-state index contributed by atoms with van der Waals surface area (Å²) in [6.45, 7) is -8.08. The molecule has 0 amide bonds. The zero-order valence-electron chi connectivity index (χ0n) is 17.9. The van der Waals surface area contributed by atoms with E-state index in [1.54, 1.807) is 24.3 Å². The summed E-state index contributed by atoms with van der Waals surface area (Å²) in [5.74, 6) is 0. The van der Waals surface area contributed by atoms with Crippen LogP contribution in [0.5, 0.6) is 0 Å². The van der Waals surface area contributed by atoms with E-state index in [2.05, 4.69) is 10.1 Å². The van der Waals surface area contributed by atoms with Crippen LogP contribution in [-0.4, -0.2) is 37.2 Å². The molecule has 0 saturated heterocycles. The van der Waals surface area contributed by atoms with Crippen LogP contribution in [0.1, 0.15) is 33.9 Å². The first-order valence-electron chi connectivity index (χ1n) is 9.76. The molecule has 0 aliphatic rings. The molecule has 22 heavy (non-hydrogen) atoms. The van der Waals surface area contributed by atoms with Crippen molar-refractivity contribution in [3.05, 3.63) is 47.5 Å². The quantitative estimate of drug-likeness (QED) is 0.817. The van der Waals surface area contributed by atoms with Crippen LogP contribution in [-0.2, 0) is 13.0 Å². The Bertz CT molecular complexity index is 750. The summed E-state index contributed by atoms with van der Waals surface area (Å²) in [5, 5.41) is 25.9. The number of aromatic nitrogens is 3. The molecule has 0 radical (unpaired) electrons. The number of rotatable bonds is 7. The minimum absolute atomic E-state index is 0.163. The summed E-state index contributed by atoms with van der Waals surface area (Å²) >= 11 is 5.86. The summed E-state index contributed by atoms with van der Waals surface area (Å²) in [6.07, 6.45) is 2.35. The molecule has 2 N–H and O–H groups in total. The highest BCUT2D eigenvalue weighted by Gasteiger charge is 2.43. The van der Waals surface area contributed by atoms with Gasteiger partial charge in [-0.2, -0.15) is 5.10 Å². The predicted molar refractivity (Wildman–Crippen MR) is 85.6 cm³/mol. The van der Waals surface area contributed by atoms with Crippen LogP contribution >= 0.6 is 11.6 Å². The second-order valence-corrected chi connectivity index (χ2v) is 5.75. The Hall–Kier alpha value is -1.43. The average Bonchev–Trinajstić information content (AvgIpc) is 3.05. The van der Waals surface area contributed by atoms with Crippen LogP contribution < -0.4 is 0 Å². The lowest BCUT2D eigenvalue weighted by Crippen LogP contribution is -2.50. The fraction of sp³-hybridized carbons (Fsp3) is 0.500. The Labute approximate surface area is 144 Å². The molecule has 1 aromatic carbocycles. The summed E-state index contributed by atoms with van der Waals surface area (Å²) in [5.41, 5.74) is -4.40. The van der Waals surface area contributed by atoms with Gasteiger partial charge in [-0.15, -0.1) is 0 Å². The van der Waals surface area contributed by atoms with Crippen LogP contribution in [0, 0.1) is 5.41 Å². The highest BCUT2D eigenvalue weighted by atomic mass is 35.5. The molecule has 1 unspecified atom stereocenters. The average molecular weight is 330 g/mol. The topological polar surface area (TPSA) is 71.2 Å². The number of aliphatic hydroxyl groups excluding tert-OH is 1. The maximum atomic E-state index is 11.5. The van der Waals surface area contributed by atoms with Crippen molar-refractivity contribution in [2.24, 2.45) is 5.41 Å². The number of hydrogen-bond donors (Lipinski definition) is 2. The van der Waals surface area contributed by atoms with E-state index >= 15 is 0 Å². The summed E-state index contributed by atoms with van der Waals surface area (Å²) in [4.78, 5) is 3.75. The van der Waals surface area contributed by atoms with Gasteiger partial charge in [0, 0.05) is 18.7 Å². The maximum Gasteiger partial charge on any atom is 0.137 e. The molecule has 2 rings (SSSR count). The first-order chi connectivity index (χ1) is 12.9. The number of benzene rings is 1. The second-order valence-electron chi connectivity index (χ2n) is 5.31. The van der Waals surface area contributed by atoms with Crippen molar-refractivity contribution in [2.45, 2.75) is 38.7 Å². The summed E-state index contributed by atoms with van der Waals surface area (Å²) < 4.78 is 48.4. The van der Waals surface area contributed by atoms with Crippen molar-refractivity contribution >= 4 is 11.6 Å². The van der Waals surface area contributed by atoms with Crippen LogP contribution in [0.25, 0.3) is 0 Å². The van der Waals surface area contributed by atoms with E-state index in [4.69, 9.17) is 19.8 Å². The highest BCUT2D eigenvalue weighted by Crippen LogP contribution is 2.36. The summed E-state index contributed by atoms with van der Waals surface area (Å²) in [6, 6.07) is 6.67. The zero-order valence-corrected chi connectivity index (χ0v) is 12.7. The largest absolute Gasteiger partial charge is 0.396 e. The van der Waals surface area contributed by atoms with Crippen LogP contribution in [0.2, 0.25) is 5.02 Å². The maximum absolute atomic E-state index is 11.5. The molecule has 0 aliphatic carbocycles. The molecular weight excluding hydrogens is 302 g/mol. The van der Waals surface area contributed by atoms with Gasteiger partial charge in [-0.1, -0.05) is 37.4 Å². The van der Waals surface area contributed by atoms with Gasteiger partial charge in [0.15, 0.2) is 0 Å². The Kier molecular flexibility index (Phi) is 3.19. The number of halogens is 1. The molecule has 0 saturated carbocycles. The fourth-order valence-corrected chi connectivity index (χ4v) is 2.29. The number of nitrogens with zero attached hydrogens (tertiary/aromatic N) is 3. The predicted octanol–water partition coefficient (Wildman–Crippen LogP) is 2.31. The van der Waals surface area contributed by atoms with Crippen LogP contribution in [0.4, 0.5) is 0 Å². The Morgan fingerprint density at radius 1 is 1.32 bits per heavy atom. The molecule has 0 bridgehead atoms.